The molecule has 1 atom stereocenters. The SMILES string of the molecule is C=C(C(C)C)N1CN(C(=O)CCC(CC(C)C)C(=O)NCNC(=O)C(C)C)CN(C(=O)C(C)C)C1. The Bertz CT molecular complexity index is 735. The van der Waals surface area contributed by atoms with E-state index in [9.17, 15) is 19.2 Å². The molecule has 0 radical (unpaired) electrons. The van der Waals surface area contributed by atoms with Crippen molar-refractivity contribution in [1.82, 2.24) is 25.3 Å². The van der Waals surface area contributed by atoms with Crippen molar-refractivity contribution in [3.8, 4) is 0 Å². The van der Waals surface area contributed by atoms with E-state index in [0.29, 0.717) is 26.2 Å². The number of nitrogens with zero attached hydrogens (tertiary/aromatic N) is 3. The van der Waals surface area contributed by atoms with Gasteiger partial charge in [0.15, 0.2) is 0 Å². The van der Waals surface area contributed by atoms with Crippen LogP contribution >= 0.6 is 0 Å². The van der Waals surface area contributed by atoms with Gasteiger partial charge < -0.3 is 25.3 Å². The molecule has 0 aromatic heterocycles. The van der Waals surface area contributed by atoms with Crippen LogP contribution in [0.4, 0.5) is 0 Å². The van der Waals surface area contributed by atoms with Crippen LogP contribution in [0, 0.1) is 29.6 Å². The quantitative estimate of drug-likeness (QED) is 0.407. The van der Waals surface area contributed by atoms with Gasteiger partial charge >= 0.3 is 0 Å². The molecule has 0 saturated carbocycles. The number of allylic oxidation sites excluding steroid dienone is 1. The Morgan fingerprint density at radius 1 is 0.743 bits per heavy atom. The second kappa shape index (κ2) is 14.1. The van der Waals surface area contributed by atoms with Gasteiger partial charge in [-0.2, -0.15) is 0 Å². The number of carbonyl (C=O) groups excluding carboxylic acids is 4. The summed E-state index contributed by atoms with van der Waals surface area (Å²) in [6, 6.07) is 0. The van der Waals surface area contributed by atoms with Crippen LogP contribution in [-0.2, 0) is 19.2 Å². The van der Waals surface area contributed by atoms with Crippen molar-refractivity contribution in [1.29, 1.82) is 0 Å². The van der Waals surface area contributed by atoms with Gasteiger partial charge in [-0.3, -0.25) is 19.2 Å². The normalized spacial score (nSPS) is 15.1. The highest BCUT2D eigenvalue weighted by Crippen LogP contribution is 2.22. The molecule has 1 heterocycles. The predicted molar refractivity (Wildman–Crippen MR) is 137 cm³/mol. The Labute approximate surface area is 211 Å². The molecule has 0 bridgehead atoms. The van der Waals surface area contributed by atoms with E-state index in [1.807, 2.05) is 46.4 Å². The lowest BCUT2D eigenvalue weighted by atomic mass is 9.92. The van der Waals surface area contributed by atoms with Gasteiger partial charge in [-0.1, -0.05) is 62.0 Å². The lowest BCUT2D eigenvalue weighted by Gasteiger charge is -2.45. The molecular formula is C26H47N5O4. The van der Waals surface area contributed by atoms with Crippen molar-refractivity contribution in [2.45, 2.75) is 74.7 Å². The van der Waals surface area contributed by atoms with Gasteiger partial charge in [-0.15, -0.1) is 0 Å². The van der Waals surface area contributed by atoms with Crippen LogP contribution in [-0.4, -0.2) is 65.0 Å². The van der Waals surface area contributed by atoms with Crippen LogP contribution in [0.3, 0.4) is 0 Å². The van der Waals surface area contributed by atoms with Crippen molar-refractivity contribution < 1.29 is 19.2 Å². The number of nitrogens with one attached hydrogen (secondary N) is 2. The van der Waals surface area contributed by atoms with Crippen molar-refractivity contribution >= 4 is 23.6 Å². The van der Waals surface area contributed by atoms with Gasteiger partial charge in [0.05, 0.1) is 26.7 Å². The monoisotopic (exact) mass is 493 g/mol. The third-order valence-electron chi connectivity index (χ3n) is 6.14. The summed E-state index contributed by atoms with van der Waals surface area (Å²) < 4.78 is 0. The molecule has 1 rings (SSSR count). The van der Waals surface area contributed by atoms with Gasteiger partial charge in [-0.05, 0) is 24.7 Å². The summed E-state index contributed by atoms with van der Waals surface area (Å²) in [7, 11) is 0. The molecule has 1 aliphatic rings. The molecule has 9 nitrogen and oxygen atoms in total. The van der Waals surface area contributed by atoms with E-state index in [4.69, 9.17) is 0 Å². The minimum absolute atomic E-state index is 0.00966. The molecule has 0 aromatic rings. The fourth-order valence-corrected chi connectivity index (χ4v) is 3.91. The maximum atomic E-state index is 13.2. The number of hydrogen-bond acceptors (Lipinski definition) is 5. The minimum Gasteiger partial charge on any atom is -0.340 e. The molecule has 9 heteroatoms. The molecule has 0 aliphatic carbocycles. The summed E-state index contributed by atoms with van der Waals surface area (Å²) in [6.07, 6.45) is 1.25. The summed E-state index contributed by atoms with van der Waals surface area (Å²) in [5.74, 6) is -0.591. The van der Waals surface area contributed by atoms with Crippen LogP contribution in [0.25, 0.3) is 0 Å². The average Bonchev–Trinajstić information content (AvgIpc) is 2.79. The summed E-state index contributed by atoms with van der Waals surface area (Å²) in [5.41, 5.74) is 0.879. The minimum atomic E-state index is -0.338. The van der Waals surface area contributed by atoms with Crippen LogP contribution in [0.1, 0.15) is 74.7 Å². The largest absolute Gasteiger partial charge is 0.340 e. The van der Waals surface area contributed by atoms with Gasteiger partial charge in [0.25, 0.3) is 0 Å². The zero-order valence-electron chi connectivity index (χ0n) is 23.0. The molecule has 0 spiro atoms. The number of carbonyl (C=O) groups is 4. The first-order valence-electron chi connectivity index (χ1n) is 12.8. The zero-order chi connectivity index (χ0) is 26.9. The number of rotatable bonds is 12. The van der Waals surface area contributed by atoms with Gasteiger partial charge in [0.2, 0.25) is 23.6 Å². The third-order valence-corrected chi connectivity index (χ3v) is 6.14. The van der Waals surface area contributed by atoms with Crippen molar-refractivity contribution in [3.63, 3.8) is 0 Å². The fourth-order valence-electron chi connectivity index (χ4n) is 3.91. The first-order chi connectivity index (χ1) is 16.2. The smallest absolute Gasteiger partial charge is 0.227 e. The highest BCUT2D eigenvalue weighted by atomic mass is 16.2. The Morgan fingerprint density at radius 3 is 1.80 bits per heavy atom. The lowest BCUT2D eigenvalue weighted by Crippen LogP contribution is -2.58. The molecule has 1 unspecified atom stereocenters. The molecule has 2 N–H and O–H groups in total. The van der Waals surface area contributed by atoms with Crippen LogP contribution in [0.5, 0.6) is 0 Å². The fraction of sp³-hybridized carbons (Fsp3) is 0.769. The highest BCUT2D eigenvalue weighted by molar-refractivity contribution is 5.82. The molecule has 1 saturated heterocycles. The van der Waals surface area contributed by atoms with E-state index in [-0.39, 0.29) is 73.0 Å². The Morgan fingerprint density at radius 2 is 1.29 bits per heavy atom. The number of amides is 4. The maximum Gasteiger partial charge on any atom is 0.227 e. The highest BCUT2D eigenvalue weighted by Gasteiger charge is 2.32. The van der Waals surface area contributed by atoms with E-state index in [2.05, 4.69) is 17.2 Å². The summed E-state index contributed by atoms with van der Waals surface area (Å²) in [5, 5.41) is 5.47. The van der Waals surface area contributed by atoms with Crippen molar-refractivity contribution in [2.24, 2.45) is 29.6 Å². The molecule has 4 amide bonds. The standard InChI is InChI=1S/C26H47N5O4/c1-17(2)12-22(25(34)28-13-27-24(33)19(5)6)10-11-23(32)30-14-29(21(9)18(3)4)15-31(16-30)26(35)20(7)8/h17-20,22H,9-16H2,1-8H3,(H,27,33)(H,28,34). The summed E-state index contributed by atoms with van der Waals surface area (Å²) in [6.45, 7) is 20.7. The zero-order valence-corrected chi connectivity index (χ0v) is 23.0. The Kier molecular flexibility index (Phi) is 12.3. The molecule has 1 aliphatic heterocycles. The van der Waals surface area contributed by atoms with Crippen molar-refractivity contribution in [3.05, 3.63) is 12.3 Å². The second-order valence-electron chi connectivity index (χ2n) is 10.9. The van der Waals surface area contributed by atoms with E-state index in [1.165, 1.54) is 0 Å². The first-order valence-corrected chi connectivity index (χ1v) is 12.8. The van der Waals surface area contributed by atoms with Crippen molar-refractivity contribution in [2.75, 3.05) is 26.7 Å². The molecule has 200 valence electrons. The molecular weight excluding hydrogens is 446 g/mol. The summed E-state index contributed by atoms with van der Waals surface area (Å²) >= 11 is 0. The molecule has 0 aromatic carbocycles. The van der Waals surface area contributed by atoms with E-state index >= 15 is 0 Å². The first kappa shape index (κ1) is 30.5. The second-order valence-corrected chi connectivity index (χ2v) is 10.9. The summed E-state index contributed by atoms with van der Waals surface area (Å²) in [4.78, 5) is 55.8. The average molecular weight is 494 g/mol. The van der Waals surface area contributed by atoms with Gasteiger partial charge in [0, 0.05) is 29.9 Å². The lowest BCUT2D eigenvalue weighted by molar-refractivity contribution is -0.152. The van der Waals surface area contributed by atoms with Gasteiger partial charge in [-0.25, -0.2) is 0 Å². The Hall–Kier alpha value is -2.58. The van der Waals surface area contributed by atoms with E-state index in [1.54, 1.807) is 23.6 Å². The molecule has 1 fully saturated rings. The number of hydrogen-bond donors (Lipinski definition) is 2. The molecule has 35 heavy (non-hydrogen) atoms. The van der Waals surface area contributed by atoms with E-state index in [0.717, 1.165) is 5.70 Å². The van der Waals surface area contributed by atoms with Gasteiger partial charge in [0.1, 0.15) is 0 Å². The van der Waals surface area contributed by atoms with Crippen LogP contribution in [0.2, 0.25) is 0 Å². The topological polar surface area (TPSA) is 102 Å². The van der Waals surface area contributed by atoms with Crippen LogP contribution in [0.15, 0.2) is 12.3 Å². The predicted octanol–water partition coefficient (Wildman–Crippen LogP) is 2.95. The third kappa shape index (κ3) is 9.90. The maximum absolute atomic E-state index is 13.2. The Balaban J connectivity index is 2.84. The van der Waals surface area contributed by atoms with Crippen LogP contribution < -0.4 is 10.6 Å². The van der Waals surface area contributed by atoms with E-state index < -0.39 is 0 Å².